The second-order valence-electron chi connectivity index (χ2n) is 7.87. The fraction of sp³-hybridized carbons (Fsp3) is 0.550. The molecule has 3 aliphatic heterocycles. The number of piperidine rings is 1. The van der Waals surface area contributed by atoms with Gasteiger partial charge in [-0.15, -0.1) is 0 Å². The first-order valence-electron chi connectivity index (χ1n) is 9.67. The van der Waals surface area contributed by atoms with E-state index in [4.69, 9.17) is 0 Å². The molecule has 0 spiro atoms. The van der Waals surface area contributed by atoms with Gasteiger partial charge in [0.2, 0.25) is 11.8 Å². The molecule has 3 unspecified atom stereocenters. The van der Waals surface area contributed by atoms with Gasteiger partial charge in [-0.05, 0) is 37.5 Å². The number of carbonyl (C=O) groups is 3. The summed E-state index contributed by atoms with van der Waals surface area (Å²) in [5.74, 6) is -0.733. The standard InChI is InChI=1S/C20H26N4O3/c1-12-8-21-9-13(2)23(12)10-14-4-3-5-15-16(14)11-24(20(15)27)17-6-7-18(25)22-19(17)26/h3-5,12-13,17,21H,6-11H2,1-2H3,(H,22,25,26). The number of amides is 3. The molecule has 144 valence electrons. The lowest BCUT2D eigenvalue weighted by atomic mass is 10.0. The van der Waals surface area contributed by atoms with Gasteiger partial charge in [-0.2, -0.15) is 0 Å². The van der Waals surface area contributed by atoms with Crippen LogP contribution in [0, 0.1) is 0 Å². The first-order valence-corrected chi connectivity index (χ1v) is 9.67. The van der Waals surface area contributed by atoms with Crippen molar-refractivity contribution in [2.24, 2.45) is 0 Å². The Morgan fingerprint density at radius 1 is 1.11 bits per heavy atom. The van der Waals surface area contributed by atoms with E-state index >= 15 is 0 Å². The third-order valence-electron chi connectivity index (χ3n) is 6.04. The van der Waals surface area contributed by atoms with E-state index in [1.165, 1.54) is 0 Å². The van der Waals surface area contributed by atoms with Crippen molar-refractivity contribution in [2.45, 2.75) is 57.9 Å². The molecule has 4 rings (SSSR count). The Morgan fingerprint density at radius 3 is 2.56 bits per heavy atom. The Kier molecular flexibility index (Phi) is 4.74. The summed E-state index contributed by atoms with van der Waals surface area (Å²) in [6.45, 7) is 7.58. The van der Waals surface area contributed by atoms with Crippen molar-refractivity contribution in [3.8, 4) is 0 Å². The predicted octanol–water partition coefficient (Wildman–Crippen LogP) is 0.630. The van der Waals surface area contributed by atoms with E-state index in [-0.39, 0.29) is 24.1 Å². The van der Waals surface area contributed by atoms with Crippen LogP contribution in [-0.2, 0) is 22.7 Å². The third-order valence-corrected chi connectivity index (χ3v) is 6.04. The van der Waals surface area contributed by atoms with Crippen LogP contribution in [0.4, 0.5) is 0 Å². The quantitative estimate of drug-likeness (QED) is 0.763. The molecule has 0 saturated carbocycles. The summed E-state index contributed by atoms with van der Waals surface area (Å²) in [7, 11) is 0. The number of piperazine rings is 1. The number of hydrogen-bond donors (Lipinski definition) is 2. The van der Waals surface area contributed by atoms with Crippen LogP contribution in [0.2, 0.25) is 0 Å². The van der Waals surface area contributed by atoms with E-state index in [9.17, 15) is 14.4 Å². The number of carbonyl (C=O) groups excluding carboxylic acids is 3. The zero-order valence-corrected chi connectivity index (χ0v) is 15.8. The molecule has 2 N–H and O–H groups in total. The second-order valence-corrected chi connectivity index (χ2v) is 7.87. The Hall–Kier alpha value is -2.25. The smallest absolute Gasteiger partial charge is 0.255 e. The highest BCUT2D eigenvalue weighted by molar-refractivity contribution is 6.05. The van der Waals surface area contributed by atoms with E-state index in [0.29, 0.717) is 30.6 Å². The summed E-state index contributed by atoms with van der Waals surface area (Å²) in [6.07, 6.45) is 0.671. The number of nitrogens with one attached hydrogen (secondary N) is 2. The van der Waals surface area contributed by atoms with Crippen LogP contribution in [0.3, 0.4) is 0 Å². The lowest BCUT2D eigenvalue weighted by Gasteiger charge is -2.39. The van der Waals surface area contributed by atoms with Crippen LogP contribution in [0.1, 0.15) is 48.2 Å². The Labute approximate surface area is 159 Å². The van der Waals surface area contributed by atoms with Crippen LogP contribution in [0.15, 0.2) is 18.2 Å². The van der Waals surface area contributed by atoms with Gasteiger partial charge in [-0.1, -0.05) is 12.1 Å². The van der Waals surface area contributed by atoms with E-state index < -0.39 is 6.04 Å². The van der Waals surface area contributed by atoms with Gasteiger partial charge >= 0.3 is 0 Å². The molecule has 0 aromatic heterocycles. The van der Waals surface area contributed by atoms with Crippen LogP contribution < -0.4 is 10.6 Å². The van der Waals surface area contributed by atoms with Gasteiger partial charge in [0.1, 0.15) is 6.04 Å². The van der Waals surface area contributed by atoms with Crippen LogP contribution in [-0.4, -0.2) is 58.7 Å². The molecule has 1 aromatic carbocycles. The molecule has 3 aliphatic rings. The largest absolute Gasteiger partial charge is 0.322 e. The van der Waals surface area contributed by atoms with Crippen molar-refractivity contribution >= 4 is 17.7 Å². The molecule has 3 atom stereocenters. The summed E-state index contributed by atoms with van der Waals surface area (Å²) < 4.78 is 0. The number of nitrogens with zero attached hydrogens (tertiary/aromatic N) is 2. The number of rotatable bonds is 3. The zero-order chi connectivity index (χ0) is 19.1. The van der Waals surface area contributed by atoms with Crippen molar-refractivity contribution in [1.29, 1.82) is 0 Å². The number of imide groups is 1. The maximum atomic E-state index is 12.9. The molecule has 0 radical (unpaired) electrons. The van der Waals surface area contributed by atoms with Gasteiger partial charge in [-0.25, -0.2) is 0 Å². The molecule has 3 heterocycles. The SMILES string of the molecule is CC1CNCC(C)N1Cc1cccc2c1CN(C1CCC(=O)NC1=O)C2=O. The molecule has 2 saturated heterocycles. The normalized spacial score (nSPS) is 29.0. The minimum Gasteiger partial charge on any atom is -0.322 e. The van der Waals surface area contributed by atoms with Gasteiger partial charge in [-0.3, -0.25) is 24.6 Å². The third kappa shape index (κ3) is 3.26. The maximum Gasteiger partial charge on any atom is 0.255 e. The van der Waals surface area contributed by atoms with Crippen molar-refractivity contribution in [3.05, 3.63) is 34.9 Å². The molecular formula is C20H26N4O3. The van der Waals surface area contributed by atoms with E-state index in [2.05, 4.69) is 35.4 Å². The highest BCUT2D eigenvalue weighted by atomic mass is 16.2. The van der Waals surface area contributed by atoms with Crippen molar-refractivity contribution in [3.63, 3.8) is 0 Å². The first-order chi connectivity index (χ1) is 13.0. The fourth-order valence-electron chi connectivity index (χ4n) is 4.48. The van der Waals surface area contributed by atoms with E-state index in [1.807, 2.05) is 12.1 Å². The fourth-order valence-corrected chi connectivity index (χ4v) is 4.48. The summed E-state index contributed by atoms with van der Waals surface area (Å²) in [6, 6.07) is 6.14. The van der Waals surface area contributed by atoms with E-state index in [1.54, 1.807) is 4.90 Å². The summed E-state index contributed by atoms with van der Waals surface area (Å²) in [5, 5.41) is 5.80. The first kappa shape index (κ1) is 18.1. The van der Waals surface area contributed by atoms with Gasteiger partial charge in [0, 0.05) is 50.2 Å². The minimum absolute atomic E-state index is 0.109. The average Bonchev–Trinajstić information content (AvgIpc) is 2.96. The Morgan fingerprint density at radius 2 is 1.85 bits per heavy atom. The maximum absolute atomic E-state index is 12.9. The topological polar surface area (TPSA) is 81.8 Å². The van der Waals surface area contributed by atoms with Crippen LogP contribution in [0.5, 0.6) is 0 Å². The molecular weight excluding hydrogens is 344 g/mol. The molecule has 7 nitrogen and oxygen atoms in total. The number of fused-ring (bicyclic) bond motifs is 1. The van der Waals surface area contributed by atoms with Crippen LogP contribution in [0.25, 0.3) is 0 Å². The molecule has 0 bridgehead atoms. The second kappa shape index (κ2) is 7.05. The van der Waals surface area contributed by atoms with Crippen molar-refractivity contribution in [1.82, 2.24) is 20.4 Å². The average molecular weight is 370 g/mol. The summed E-state index contributed by atoms with van der Waals surface area (Å²) in [5.41, 5.74) is 2.86. The van der Waals surface area contributed by atoms with Crippen molar-refractivity contribution < 1.29 is 14.4 Å². The Balaban J connectivity index is 1.57. The van der Waals surface area contributed by atoms with Gasteiger partial charge in [0.15, 0.2) is 0 Å². The molecule has 27 heavy (non-hydrogen) atoms. The predicted molar refractivity (Wildman–Crippen MR) is 99.8 cm³/mol. The van der Waals surface area contributed by atoms with Crippen molar-refractivity contribution in [2.75, 3.05) is 13.1 Å². The highest BCUT2D eigenvalue weighted by Gasteiger charge is 2.40. The lowest BCUT2D eigenvalue weighted by molar-refractivity contribution is -0.136. The molecule has 7 heteroatoms. The van der Waals surface area contributed by atoms with E-state index in [0.717, 1.165) is 30.8 Å². The summed E-state index contributed by atoms with van der Waals surface area (Å²) >= 11 is 0. The molecule has 2 fully saturated rings. The highest BCUT2D eigenvalue weighted by Crippen LogP contribution is 2.31. The molecule has 0 aliphatic carbocycles. The monoisotopic (exact) mass is 370 g/mol. The minimum atomic E-state index is -0.563. The number of benzene rings is 1. The lowest BCUT2D eigenvalue weighted by Crippen LogP contribution is -2.54. The van der Waals surface area contributed by atoms with Crippen LogP contribution >= 0.6 is 0 Å². The summed E-state index contributed by atoms with van der Waals surface area (Å²) in [4.78, 5) is 40.7. The Bertz CT molecular complexity index is 783. The van der Waals surface area contributed by atoms with Gasteiger partial charge in [0.25, 0.3) is 5.91 Å². The van der Waals surface area contributed by atoms with Gasteiger partial charge in [0.05, 0.1) is 0 Å². The molecule has 1 aromatic rings. The number of hydrogen-bond acceptors (Lipinski definition) is 5. The van der Waals surface area contributed by atoms with Gasteiger partial charge < -0.3 is 10.2 Å². The zero-order valence-electron chi connectivity index (χ0n) is 15.8. The molecule has 3 amide bonds.